The van der Waals surface area contributed by atoms with Crippen molar-refractivity contribution in [2.45, 2.75) is 19.8 Å². The van der Waals surface area contributed by atoms with Gasteiger partial charge in [-0.1, -0.05) is 11.6 Å². The summed E-state index contributed by atoms with van der Waals surface area (Å²) in [6.45, 7) is 2.28. The summed E-state index contributed by atoms with van der Waals surface area (Å²) in [5, 5.41) is 13.4. The monoisotopic (exact) mass is 302 g/mol. The van der Waals surface area contributed by atoms with Gasteiger partial charge in [0.1, 0.15) is 18.6 Å². The van der Waals surface area contributed by atoms with Crippen LogP contribution in [0.1, 0.15) is 18.1 Å². The van der Waals surface area contributed by atoms with Crippen molar-refractivity contribution in [3.8, 4) is 5.75 Å². The van der Waals surface area contributed by atoms with Crippen molar-refractivity contribution < 1.29 is 9.84 Å². The number of aliphatic hydroxyl groups is 1. The Bertz CT molecular complexity index is 686. The highest BCUT2D eigenvalue weighted by atomic mass is 35.5. The summed E-state index contributed by atoms with van der Waals surface area (Å²) >= 11 is 6.25. The number of hydrogen-bond acceptors (Lipinski definition) is 4. The second kappa shape index (κ2) is 5.76. The summed E-state index contributed by atoms with van der Waals surface area (Å²) in [5.41, 5.74) is 3.62. The fourth-order valence-electron chi connectivity index (χ4n) is 2.15. The van der Waals surface area contributed by atoms with Crippen molar-refractivity contribution in [3.63, 3.8) is 0 Å². The molecule has 2 N–H and O–H groups in total. The molecular formula is C16H15ClN2O2. The summed E-state index contributed by atoms with van der Waals surface area (Å²) in [6, 6.07) is 7.42. The molecule has 0 bridgehead atoms. The molecule has 0 radical (unpaired) electrons. The predicted molar refractivity (Wildman–Crippen MR) is 83.3 cm³/mol. The van der Waals surface area contributed by atoms with Crippen LogP contribution in [0.2, 0.25) is 5.02 Å². The van der Waals surface area contributed by atoms with E-state index in [1.54, 1.807) is 12.4 Å². The van der Waals surface area contributed by atoms with Crippen molar-refractivity contribution in [1.29, 1.82) is 0 Å². The van der Waals surface area contributed by atoms with Gasteiger partial charge in [-0.15, -0.1) is 0 Å². The van der Waals surface area contributed by atoms with E-state index >= 15 is 0 Å². The van der Waals surface area contributed by atoms with Crippen LogP contribution in [0.5, 0.6) is 5.75 Å². The van der Waals surface area contributed by atoms with E-state index in [4.69, 9.17) is 16.3 Å². The molecule has 1 aliphatic rings. The molecule has 2 aromatic rings. The van der Waals surface area contributed by atoms with Gasteiger partial charge < -0.3 is 15.2 Å². The number of anilines is 1. The summed E-state index contributed by atoms with van der Waals surface area (Å²) in [6.07, 6.45) is 4.68. The summed E-state index contributed by atoms with van der Waals surface area (Å²) in [4.78, 5) is 3.97. The van der Waals surface area contributed by atoms with Crippen LogP contribution in [-0.4, -0.2) is 16.3 Å². The number of ether oxygens (including phenoxy) is 1. The van der Waals surface area contributed by atoms with Gasteiger partial charge in [-0.3, -0.25) is 4.98 Å². The van der Waals surface area contributed by atoms with Gasteiger partial charge in [-0.05, 0) is 47.9 Å². The zero-order chi connectivity index (χ0) is 14.8. The van der Waals surface area contributed by atoms with Gasteiger partial charge in [0.05, 0.1) is 5.02 Å². The second-order valence-corrected chi connectivity index (χ2v) is 5.36. The standard InChI is InChI=1S/C16H15ClN2O2/c1-10-6-12-7-13(17)15(8-14(12)19-16(10)20)21-9-11-2-4-18-5-3-11/h2-8,16,19-20H,9H2,1H3. The topological polar surface area (TPSA) is 54.4 Å². The maximum atomic E-state index is 9.83. The van der Waals surface area contributed by atoms with Gasteiger partial charge in [0, 0.05) is 24.1 Å². The van der Waals surface area contributed by atoms with E-state index in [1.807, 2.05) is 37.3 Å². The summed E-state index contributed by atoms with van der Waals surface area (Å²) in [5.74, 6) is 0.583. The minimum Gasteiger partial charge on any atom is -0.487 e. The van der Waals surface area contributed by atoms with Crippen molar-refractivity contribution in [2.24, 2.45) is 0 Å². The van der Waals surface area contributed by atoms with Crippen molar-refractivity contribution in [3.05, 3.63) is 58.4 Å². The molecule has 0 amide bonds. The Hall–Kier alpha value is -2.04. The number of hydrogen-bond donors (Lipinski definition) is 2. The van der Waals surface area contributed by atoms with Gasteiger partial charge >= 0.3 is 0 Å². The Kier molecular flexibility index (Phi) is 3.82. The Morgan fingerprint density at radius 1 is 1.33 bits per heavy atom. The molecule has 5 heteroatoms. The second-order valence-electron chi connectivity index (χ2n) is 4.95. The largest absolute Gasteiger partial charge is 0.487 e. The average molecular weight is 303 g/mol. The molecule has 2 heterocycles. The molecule has 1 aliphatic heterocycles. The molecule has 1 aromatic carbocycles. The lowest BCUT2D eigenvalue weighted by atomic mass is 10.0. The number of nitrogens with one attached hydrogen (secondary N) is 1. The van der Waals surface area contributed by atoms with Crippen LogP contribution in [0.15, 0.2) is 42.2 Å². The lowest BCUT2D eigenvalue weighted by Gasteiger charge is -2.23. The van der Waals surface area contributed by atoms with Crippen molar-refractivity contribution in [1.82, 2.24) is 4.98 Å². The molecule has 21 heavy (non-hydrogen) atoms. The van der Waals surface area contributed by atoms with E-state index in [1.165, 1.54) is 0 Å². The first-order chi connectivity index (χ1) is 10.1. The van der Waals surface area contributed by atoms with E-state index in [0.717, 1.165) is 22.4 Å². The van der Waals surface area contributed by atoms with Crippen LogP contribution in [0.4, 0.5) is 5.69 Å². The van der Waals surface area contributed by atoms with Crippen LogP contribution in [0, 0.1) is 0 Å². The zero-order valence-electron chi connectivity index (χ0n) is 11.5. The van der Waals surface area contributed by atoms with E-state index in [9.17, 15) is 5.11 Å². The maximum Gasteiger partial charge on any atom is 0.146 e. The maximum absolute atomic E-state index is 9.83. The van der Waals surface area contributed by atoms with E-state index in [-0.39, 0.29) is 0 Å². The van der Waals surface area contributed by atoms with E-state index < -0.39 is 6.23 Å². The first kappa shape index (κ1) is 13.9. The molecule has 108 valence electrons. The van der Waals surface area contributed by atoms with Crippen molar-refractivity contribution >= 4 is 23.4 Å². The quantitative estimate of drug-likeness (QED) is 0.911. The molecule has 1 aromatic heterocycles. The van der Waals surface area contributed by atoms with Gasteiger partial charge in [0.25, 0.3) is 0 Å². The van der Waals surface area contributed by atoms with Gasteiger partial charge in [0.15, 0.2) is 0 Å². The normalized spacial score (nSPS) is 16.7. The number of aromatic nitrogens is 1. The fourth-order valence-corrected chi connectivity index (χ4v) is 2.38. The Morgan fingerprint density at radius 2 is 2.10 bits per heavy atom. The summed E-state index contributed by atoms with van der Waals surface area (Å²) < 4.78 is 5.75. The Labute approximate surface area is 128 Å². The third kappa shape index (κ3) is 3.01. The Balaban J connectivity index is 1.83. The molecule has 3 rings (SSSR count). The first-order valence-electron chi connectivity index (χ1n) is 6.61. The lowest BCUT2D eigenvalue weighted by molar-refractivity contribution is 0.240. The smallest absolute Gasteiger partial charge is 0.146 e. The number of aliphatic hydroxyl groups excluding tert-OH is 1. The van der Waals surface area contributed by atoms with Crippen LogP contribution in [-0.2, 0) is 6.61 Å². The van der Waals surface area contributed by atoms with Crippen LogP contribution < -0.4 is 10.1 Å². The highest BCUT2D eigenvalue weighted by molar-refractivity contribution is 6.32. The van der Waals surface area contributed by atoms with Gasteiger partial charge in [0.2, 0.25) is 0 Å². The van der Waals surface area contributed by atoms with E-state index in [2.05, 4.69) is 10.3 Å². The lowest BCUT2D eigenvalue weighted by Crippen LogP contribution is -2.23. The SMILES string of the molecule is CC1=Cc2cc(Cl)c(OCc3ccncc3)cc2NC1O. The molecule has 0 saturated carbocycles. The molecule has 0 saturated heterocycles. The van der Waals surface area contributed by atoms with Crippen molar-refractivity contribution in [2.75, 3.05) is 5.32 Å². The predicted octanol–water partition coefficient (Wildman–Crippen LogP) is 3.46. The van der Waals surface area contributed by atoms with Crippen LogP contribution in [0.25, 0.3) is 6.08 Å². The Morgan fingerprint density at radius 3 is 2.86 bits per heavy atom. The molecule has 0 aliphatic carbocycles. The van der Waals surface area contributed by atoms with Gasteiger partial charge in [-0.2, -0.15) is 0 Å². The molecule has 1 unspecified atom stereocenters. The first-order valence-corrected chi connectivity index (χ1v) is 6.99. The number of rotatable bonds is 3. The minimum absolute atomic E-state index is 0.415. The zero-order valence-corrected chi connectivity index (χ0v) is 12.3. The van der Waals surface area contributed by atoms with E-state index in [0.29, 0.717) is 17.4 Å². The number of nitrogens with zero attached hydrogens (tertiary/aromatic N) is 1. The number of benzene rings is 1. The molecular weight excluding hydrogens is 288 g/mol. The highest BCUT2D eigenvalue weighted by Crippen LogP contribution is 2.35. The average Bonchev–Trinajstić information content (AvgIpc) is 2.48. The van der Waals surface area contributed by atoms with Crippen LogP contribution in [0.3, 0.4) is 0 Å². The molecule has 4 nitrogen and oxygen atoms in total. The van der Waals surface area contributed by atoms with Crippen LogP contribution >= 0.6 is 11.6 Å². The summed E-state index contributed by atoms with van der Waals surface area (Å²) in [7, 11) is 0. The number of fused-ring (bicyclic) bond motifs is 1. The third-order valence-corrected chi connectivity index (χ3v) is 3.65. The third-order valence-electron chi connectivity index (χ3n) is 3.35. The number of halogens is 1. The fraction of sp³-hybridized carbons (Fsp3) is 0.188. The minimum atomic E-state index is -0.674. The molecule has 1 atom stereocenters. The molecule has 0 spiro atoms. The molecule has 0 fully saturated rings. The number of pyridine rings is 1. The highest BCUT2D eigenvalue weighted by Gasteiger charge is 2.17. The van der Waals surface area contributed by atoms with Gasteiger partial charge in [-0.25, -0.2) is 0 Å².